The summed E-state index contributed by atoms with van der Waals surface area (Å²) in [7, 11) is 0. The van der Waals surface area contributed by atoms with Gasteiger partial charge >= 0.3 is 0 Å². The van der Waals surface area contributed by atoms with Crippen LogP contribution in [0.15, 0.2) is 11.6 Å². The number of rotatable bonds is 5. The van der Waals surface area contributed by atoms with Crippen molar-refractivity contribution in [2.75, 3.05) is 0 Å². The predicted octanol–water partition coefficient (Wildman–Crippen LogP) is 1.45. The summed E-state index contributed by atoms with van der Waals surface area (Å²) in [6, 6.07) is -0.422. The number of amides is 1. The maximum absolute atomic E-state index is 11.6. The lowest BCUT2D eigenvalue weighted by atomic mass is 10.2. The van der Waals surface area contributed by atoms with Gasteiger partial charge in [-0.05, 0) is 12.8 Å². The van der Waals surface area contributed by atoms with Crippen LogP contribution < -0.4 is 11.1 Å². The number of nitrogens with two attached hydrogens (primary N) is 1. The molecular formula is C10H17N3OS. The van der Waals surface area contributed by atoms with E-state index in [-0.39, 0.29) is 11.9 Å². The quantitative estimate of drug-likeness (QED) is 0.800. The molecule has 0 radical (unpaired) electrons. The average Bonchev–Trinajstić information content (AvgIpc) is 2.77. The Morgan fingerprint density at radius 3 is 2.80 bits per heavy atom. The van der Waals surface area contributed by atoms with Crippen LogP contribution in [0.3, 0.4) is 0 Å². The zero-order chi connectivity index (χ0) is 11.3. The second kappa shape index (κ2) is 5.82. The van der Waals surface area contributed by atoms with E-state index in [2.05, 4.69) is 10.3 Å². The van der Waals surface area contributed by atoms with Crippen molar-refractivity contribution >= 4 is 17.2 Å². The fraction of sp³-hybridized carbons (Fsp3) is 0.600. The maximum atomic E-state index is 11.6. The van der Waals surface area contributed by atoms with Gasteiger partial charge < -0.3 is 11.1 Å². The van der Waals surface area contributed by atoms with Crippen LogP contribution in [0.5, 0.6) is 0 Å². The summed E-state index contributed by atoms with van der Waals surface area (Å²) in [4.78, 5) is 15.8. The third kappa shape index (κ3) is 3.28. The molecule has 1 amide bonds. The van der Waals surface area contributed by atoms with Gasteiger partial charge in [-0.1, -0.05) is 13.8 Å². The van der Waals surface area contributed by atoms with E-state index >= 15 is 0 Å². The van der Waals surface area contributed by atoms with E-state index in [1.807, 2.05) is 19.2 Å². The Morgan fingerprint density at radius 1 is 1.60 bits per heavy atom. The van der Waals surface area contributed by atoms with E-state index in [1.54, 1.807) is 17.5 Å². The molecule has 84 valence electrons. The number of aromatic nitrogens is 1. The molecular weight excluding hydrogens is 210 g/mol. The zero-order valence-electron chi connectivity index (χ0n) is 9.06. The van der Waals surface area contributed by atoms with Gasteiger partial charge in [0.1, 0.15) is 5.01 Å². The molecule has 0 aliphatic carbocycles. The summed E-state index contributed by atoms with van der Waals surface area (Å²) in [6.07, 6.45) is 3.23. The average molecular weight is 227 g/mol. The van der Waals surface area contributed by atoms with Crippen molar-refractivity contribution in [2.24, 2.45) is 5.73 Å². The first kappa shape index (κ1) is 12.1. The van der Waals surface area contributed by atoms with E-state index in [9.17, 15) is 4.79 Å². The number of nitrogens with zero attached hydrogens (tertiary/aromatic N) is 1. The molecule has 0 spiro atoms. The molecule has 1 heterocycles. The zero-order valence-corrected chi connectivity index (χ0v) is 9.88. The van der Waals surface area contributed by atoms with Crippen molar-refractivity contribution in [2.45, 2.75) is 38.8 Å². The van der Waals surface area contributed by atoms with Crippen molar-refractivity contribution in [3.63, 3.8) is 0 Å². The van der Waals surface area contributed by atoms with Crippen LogP contribution in [0.2, 0.25) is 0 Å². The number of hydrogen-bond acceptors (Lipinski definition) is 4. The van der Waals surface area contributed by atoms with Crippen LogP contribution in [-0.2, 0) is 4.79 Å². The molecule has 4 nitrogen and oxygen atoms in total. The predicted molar refractivity (Wildman–Crippen MR) is 61.6 cm³/mol. The van der Waals surface area contributed by atoms with Crippen LogP contribution in [0.25, 0.3) is 0 Å². The summed E-state index contributed by atoms with van der Waals surface area (Å²) in [5, 5.41) is 5.75. The van der Waals surface area contributed by atoms with Crippen LogP contribution in [0, 0.1) is 0 Å². The van der Waals surface area contributed by atoms with Gasteiger partial charge in [-0.25, -0.2) is 4.98 Å². The summed E-state index contributed by atoms with van der Waals surface area (Å²) in [5.74, 6) is -0.0976. The van der Waals surface area contributed by atoms with Gasteiger partial charge in [0, 0.05) is 11.6 Å². The second-order valence-corrected chi connectivity index (χ2v) is 4.28. The SMILES string of the molecule is CCC(NC(=O)[C@@H](N)CC)c1nccs1. The maximum Gasteiger partial charge on any atom is 0.237 e. The molecule has 2 atom stereocenters. The molecule has 0 bridgehead atoms. The lowest BCUT2D eigenvalue weighted by Gasteiger charge is -2.17. The van der Waals surface area contributed by atoms with Crippen LogP contribution in [-0.4, -0.2) is 16.9 Å². The highest BCUT2D eigenvalue weighted by Crippen LogP contribution is 2.18. The molecule has 3 N–H and O–H groups in total. The number of carbonyl (C=O) groups excluding carboxylic acids is 1. The summed E-state index contributed by atoms with van der Waals surface area (Å²) >= 11 is 1.55. The molecule has 0 aromatic carbocycles. The fourth-order valence-corrected chi connectivity index (χ4v) is 1.98. The van der Waals surface area contributed by atoms with E-state index in [0.29, 0.717) is 6.42 Å². The van der Waals surface area contributed by atoms with Crippen LogP contribution in [0.1, 0.15) is 37.7 Å². The van der Waals surface area contributed by atoms with Crippen molar-refractivity contribution in [1.82, 2.24) is 10.3 Å². The number of carbonyl (C=O) groups is 1. The minimum Gasteiger partial charge on any atom is -0.346 e. The van der Waals surface area contributed by atoms with Crippen molar-refractivity contribution in [1.29, 1.82) is 0 Å². The molecule has 5 heteroatoms. The molecule has 0 saturated carbocycles. The molecule has 0 fully saturated rings. The highest BCUT2D eigenvalue weighted by Gasteiger charge is 2.18. The lowest BCUT2D eigenvalue weighted by Crippen LogP contribution is -2.41. The number of nitrogens with one attached hydrogen (secondary N) is 1. The summed E-state index contributed by atoms with van der Waals surface area (Å²) in [5.41, 5.74) is 5.64. The van der Waals surface area contributed by atoms with Gasteiger partial charge in [-0.3, -0.25) is 4.79 Å². The molecule has 1 unspecified atom stereocenters. The largest absolute Gasteiger partial charge is 0.346 e. The van der Waals surface area contributed by atoms with E-state index in [1.165, 1.54) is 0 Å². The third-order valence-corrected chi connectivity index (χ3v) is 3.14. The molecule has 1 rings (SSSR count). The Bertz CT molecular complexity index is 300. The topological polar surface area (TPSA) is 68.0 Å². The second-order valence-electron chi connectivity index (χ2n) is 3.35. The molecule has 15 heavy (non-hydrogen) atoms. The molecule has 0 aliphatic heterocycles. The Hall–Kier alpha value is -0.940. The fourth-order valence-electron chi connectivity index (χ4n) is 1.21. The number of thiazole rings is 1. The van der Waals surface area contributed by atoms with E-state index < -0.39 is 6.04 Å². The van der Waals surface area contributed by atoms with Crippen LogP contribution in [0.4, 0.5) is 0 Å². The first-order chi connectivity index (χ1) is 7.19. The monoisotopic (exact) mass is 227 g/mol. The van der Waals surface area contributed by atoms with E-state index in [4.69, 9.17) is 5.73 Å². The van der Waals surface area contributed by atoms with Gasteiger partial charge in [0.05, 0.1) is 12.1 Å². The Labute approximate surface area is 93.9 Å². The highest BCUT2D eigenvalue weighted by atomic mass is 32.1. The first-order valence-electron chi connectivity index (χ1n) is 5.14. The minimum atomic E-state index is -0.418. The smallest absolute Gasteiger partial charge is 0.237 e. The molecule has 0 saturated heterocycles. The minimum absolute atomic E-state index is 0.00454. The lowest BCUT2D eigenvalue weighted by molar-refractivity contribution is -0.123. The molecule has 1 aromatic rings. The third-order valence-electron chi connectivity index (χ3n) is 2.25. The summed E-state index contributed by atoms with van der Waals surface area (Å²) in [6.45, 7) is 3.92. The van der Waals surface area contributed by atoms with Crippen molar-refractivity contribution in [3.8, 4) is 0 Å². The highest BCUT2D eigenvalue weighted by molar-refractivity contribution is 7.09. The summed E-state index contributed by atoms with van der Waals surface area (Å²) < 4.78 is 0. The van der Waals surface area contributed by atoms with Gasteiger partial charge in [-0.15, -0.1) is 11.3 Å². The first-order valence-corrected chi connectivity index (χ1v) is 6.02. The molecule has 0 aliphatic rings. The van der Waals surface area contributed by atoms with Crippen molar-refractivity contribution < 1.29 is 4.79 Å². The van der Waals surface area contributed by atoms with Gasteiger partial charge in [0.2, 0.25) is 5.91 Å². The Balaban J connectivity index is 2.58. The number of hydrogen-bond donors (Lipinski definition) is 2. The van der Waals surface area contributed by atoms with Crippen molar-refractivity contribution in [3.05, 3.63) is 16.6 Å². The standard InChI is InChI=1S/C10H17N3OS/c1-3-7(11)9(14)13-8(4-2)10-12-5-6-15-10/h5-8H,3-4,11H2,1-2H3,(H,13,14)/t7-,8?/m0/s1. The molecule has 1 aromatic heterocycles. The Morgan fingerprint density at radius 2 is 2.33 bits per heavy atom. The van der Waals surface area contributed by atoms with Crippen LogP contribution >= 0.6 is 11.3 Å². The Kier molecular flexibility index (Phi) is 4.71. The van der Waals surface area contributed by atoms with Gasteiger partial charge in [0.25, 0.3) is 0 Å². The van der Waals surface area contributed by atoms with E-state index in [0.717, 1.165) is 11.4 Å². The normalized spacial score (nSPS) is 14.6. The van der Waals surface area contributed by atoms with Gasteiger partial charge in [0.15, 0.2) is 0 Å². The van der Waals surface area contributed by atoms with Gasteiger partial charge in [-0.2, -0.15) is 0 Å².